The molecule has 0 spiro atoms. The van der Waals surface area contributed by atoms with Gasteiger partial charge in [0, 0.05) is 10.2 Å². The minimum atomic E-state index is 0.381. The van der Waals surface area contributed by atoms with Crippen LogP contribution in [0.15, 0.2) is 46.9 Å². The molecule has 0 aliphatic heterocycles. The summed E-state index contributed by atoms with van der Waals surface area (Å²) in [4.78, 5) is 0. The quantitative estimate of drug-likeness (QED) is 0.729. The molecule has 0 amide bonds. The molecule has 0 heterocycles. The summed E-state index contributed by atoms with van der Waals surface area (Å²) in [5.41, 5.74) is 5.77. The zero-order chi connectivity index (χ0) is 14.7. The highest BCUT2D eigenvalue weighted by Crippen LogP contribution is 2.31. The van der Waals surface area contributed by atoms with Crippen molar-refractivity contribution < 1.29 is 0 Å². The molecule has 1 aliphatic carbocycles. The van der Waals surface area contributed by atoms with Crippen molar-refractivity contribution in [1.29, 1.82) is 0 Å². The summed E-state index contributed by atoms with van der Waals surface area (Å²) in [5.74, 6) is 0. The number of aryl methyl sites for hydroxylation is 1. The maximum Gasteiger partial charge on any atom is 0.0511 e. The van der Waals surface area contributed by atoms with E-state index < -0.39 is 0 Å². The Bertz CT molecular complexity index is 603. The Labute approximate surface area is 135 Å². The van der Waals surface area contributed by atoms with Crippen molar-refractivity contribution in [2.24, 2.45) is 0 Å². The van der Waals surface area contributed by atoms with E-state index in [4.69, 9.17) is 0 Å². The van der Waals surface area contributed by atoms with Crippen LogP contribution in [-0.4, -0.2) is 0 Å². The van der Waals surface area contributed by atoms with Gasteiger partial charge in [0.25, 0.3) is 0 Å². The van der Waals surface area contributed by atoms with Gasteiger partial charge in [-0.05, 0) is 67.0 Å². The number of hydrogen-bond acceptors (Lipinski definition) is 1. The topological polar surface area (TPSA) is 12.0 Å². The van der Waals surface area contributed by atoms with Crippen LogP contribution >= 0.6 is 15.9 Å². The van der Waals surface area contributed by atoms with Gasteiger partial charge in [-0.1, -0.05) is 47.1 Å². The molecule has 0 saturated heterocycles. The van der Waals surface area contributed by atoms with E-state index in [-0.39, 0.29) is 0 Å². The van der Waals surface area contributed by atoms with Crippen LogP contribution in [-0.2, 0) is 12.8 Å². The SMILES string of the molecule is CCC(Nc1cccc2c1CCCC2)c1ccc(Br)cc1. The van der Waals surface area contributed by atoms with Gasteiger partial charge in [0.05, 0.1) is 6.04 Å². The fourth-order valence-electron chi connectivity index (χ4n) is 3.22. The van der Waals surface area contributed by atoms with Crippen molar-refractivity contribution in [2.75, 3.05) is 5.32 Å². The van der Waals surface area contributed by atoms with Gasteiger partial charge in [-0.25, -0.2) is 0 Å². The van der Waals surface area contributed by atoms with Crippen LogP contribution in [0.25, 0.3) is 0 Å². The zero-order valence-corrected chi connectivity index (χ0v) is 14.1. The van der Waals surface area contributed by atoms with Crippen LogP contribution in [0, 0.1) is 0 Å². The third kappa shape index (κ3) is 3.32. The molecule has 0 saturated carbocycles. The van der Waals surface area contributed by atoms with Crippen molar-refractivity contribution in [2.45, 2.75) is 45.1 Å². The van der Waals surface area contributed by atoms with E-state index >= 15 is 0 Å². The molecule has 0 aromatic heterocycles. The minimum Gasteiger partial charge on any atom is -0.378 e. The molecular formula is C19H22BrN. The summed E-state index contributed by atoms with van der Waals surface area (Å²) < 4.78 is 1.14. The van der Waals surface area contributed by atoms with Gasteiger partial charge in [0.15, 0.2) is 0 Å². The van der Waals surface area contributed by atoms with Gasteiger partial charge in [-0.15, -0.1) is 0 Å². The minimum absolute atomic E-state index is 0.381. The van der Waals surface area contributed by atoms with E-state index in [1.165, 1.54) is 42.5 Å². The van der Waals surface area contributed by atoms with Gasteiger partial charge in [-0.2, -0.15) is 0 Å². The Morgan fingerprint density at radius 3 is 2.57 bits per heavy atom. The van der Waals surface area contributed by atoms with Crippen LogP contribution in [0.3, 0.4) is 0 Å². The average molecular weight is 344 g/mol. The maximum absolute atomic E-state index is 3.78. The van der Waals surface area contributed by atoms with Crippen LogP contribution in [0.5, 0.6) is 0 Å². The van der Waals surface area contributed by atoms with Gasteiger partial charge in [-0.3, -0.25) is 0 Å². The molecule has 1 atom stereocenters. The zero-order valence-electron chi connectivity index (χ0n) is 12.5. The van der Waals surface area contributed by atoms with E-state index in [1.807, 2.05) is 0 Å². The first-order valence-corrected chi connectivity index (χ1v) is 8.70. The van der Waals surface area contributed by atoms with Crippen LogP contribution in [0.2, 0.25) is 0 Å². The number of halogens is 1. The van der Waals surface area contributed by atoms with Crippen LogP contribution in [0.4, 0.5) is 5.69 Å². The second-order valence-corrected chi connectivity index (χ2v) is 6.72. The highest BCUT2D eigenvalue weighted by molar-refractivity contribution is 9.10. The lowest BCUT2D eigenvalue weighted by Crippen LogP contribution is -2.13. The smallest absolute Gasteiger partial charge is 0.0511 e. The van der Waals surface area contributed by atoms with Crippen LogP contribution < -0.4 is 5.32 Å². The van der Waals surface area contributed by atoms with Crippen molar-refractivity contribution in [3.8, 4) is 0 Å². The average Bonchev–Trinajstić information content (AvgIpc) is 2.54. The molecule has 2 aromatic carbocycles. The third-order valence-electron chi connectivity index (χ3n) is 4.41. The summed E-state index contributed by atoms with van der Waals surface area (Å²) >= 11 is 3.51. The summed E-state index contributed by atoms with van der Waals surface area (Å²) in [6.07, 6.45) is 6.20. The van der Waals surface area contributed by atoms with E-state index in [9.17, 15) is 0 Å². The summed E-state index contributed by atoms with van der Waals surface area (Å²) in [7, 11) is 0. The van der Waals surface area contributed by atoms with Gasteiger partial charge in [0.1, 0.15) is 0 Å². The summed E-state index contributed by atoms with van der Waals surface area (Å²) in [5, 5.41) is 3.78. The van der Waals surface area contributed by atoms with Crippen molar-refractivity contribution in [3.05, 3.63) is 63.6 Å². The van der Waals surface area contributed by atoms with Crippen molar-refractivity contribution in [1.82, 2.24) is 0 Å². The van der Waals surface area contributed by atoms with Gasteiger partial charge >= 0.3 is 0 Å². The predicted molar refractivity (Wildman–Crippen MR) is 93.9 cm³/mol. The second-order valence-electron chi connectivity index (χ2n) is 5.81. The van der Waals surface area contributed by atoms with E-state index in [0.29, 0.717) is 6.04 Å². The molecule has 0 fully saturated rings. The highest BCUT2D eigenvalue weighted by Gasteiger charge is 2.15. The molecule has 1 N–H and O–H groups in total. The predicted octanol–water partition coefficient (Wildman–Crippen LogP) is 5.89. The molecule has 1 aliphatic rings. The largest absolute Gasteiger partial charge is 0.378 e. The molecule has 2 heteroatoms. The highest BCUT2D eigenvalue weighted by atomic mass is 79.9. The number of fused-ring (bicyclic) bond motifs is 1. The molecule has 2 aromatic rings. The van der Waals surface area contributed by atoms with Crippen molar-refractivity contribution in [3.63, 3.8) is 0 Å². The molecule has 0 radical (unpaired) electrons. The lowest BCUT2D eigenvalue weighted by Gasteiger charge is -2.24. The lowest BCUT2D eigenvalue weighted by atomic mass is 9.90. The van der Waals surface area contributed by atoms with E-state index in [1.54, 1.807) is 5.56 Å². The number of rotatable bonds is 4. The normalized spacial score (nSPS) is 15.3. The fourth-order valence-corrected chi connectivity index (χ4v) is 3.48. The molecule has 1 nitrogen and oxygen atoms in total. The fraction of sp³-hybridized carbons (Fsp3) is 0.368. The first kappa shape index (κ1) is 14.6. The van der Waals surface area contributed by atoms with Gasteiger partial charge in [0.2, 0.25) is 0 Å². The number of nitrogens with one attached hydrogen (secondary N) is 1. The first-order chi connectivity index (χ1) is 10.3. The van der Waals surface area contributed by atoms with Crippen LogP contribution in [0.1, 0.15) is 48.9 Å². The Morgan fingerprint density at radius 1 is 1.05 bits per heavy atom. The lowest BCUT2D eigenvalue weighted by molar-refractivity contribution is 0.681. The van der Waals surface area contributed by atoms with E-state index in [2.05, 4.69) is 70.6 Å². The summed E-state index contributed by atoms with van der Waals surface area (Å²) in [6.45, 7) is 2.25. The summed E-state index contributed by atoms with van der Waals surface area (Å²) in [6, 6.07) is 15.8. The van der Waals surface area contributed by atoms with Gasteiger partial charge < -0.3 is 5.32 Å². The molecule has 1 unspecified atom stereocenters. The maximum atomic E-state index is 3.78. The Hall–Kier alpha value is -1.28. The molecule has 21 heavy (non-hydrogen) atoms. The number of benzene rings is 2. The Balaban J connectivity index is 1.86. The van der Waals surface area contributed by atoms with E-state index in [0.717, 1.165) is 10.9 Å². The second kappa shape index (κ2) is 6.65. The first-order valence-electron chi connectivity index (χ1n) is 7.90. The molecule has 3 rings (SSSR count). The standard InChI is InChI=1S/C19H22BrN/c1-2-18(15-10-12-16(20)13-11-15)21-19-9-5-7-14-6-3-4-8-17(14)19/h5,7,9-13,18,21H,2-4,6,8H2,1H3. The molecule has 0 bridgehead atoms. The molecule has 110 valence electrons. The van der Waals surface area contributed by atoms with Crippen molar-refractivity contribution >= 4 is 21.6 Å². The Morgan fingerprint density at radius 2 is 1.81 bits per heavy atom. The Kier molecular flexibility index (Phi) is 4.64. The third-order valence-corrected chi connectivity index (χ3v) is 4.93. The number of anilines is 1. The molecular weight excluding hydrogens is 322 g/mol. The number of hydrogen-bond donors (Lipinski definition) is 1. The monoisotopic (exact) mass is 343 g/mol.